The third kappa shape index (κ3) is 7.61. The Balaban J connectivity index is 0.000000194. The summed E-state index contributed by atoms with van der Waals surface area (Å²) >= 11 is 2.11. The maximum Gasteiger partial charge on any atom is 0.348 e. The number of carboxylic acid groups (broad SMARTS) is 1. The lowest BCUT2D eigenvalue weighted by Gasteiger charge is -2.10. The van der Waals surface area contributed by atoms with Crippen LogP contribution >= 0.6 is 22.7 Å². The van der Waals surface area contributed by atoms with Crippen molar-refractivity contribution < 1.29 is 41.0 Å². The van der Waals surface area contributed by atoms with Crippen LogP contribution in [0.4, 0.5) is 17.1 Å². The number of benzene rings is 3. The third-order valence-corrected chi connectivity index (χ3v) is 10.5. The van der Waals surface area contributed by atoms with Gasteiger partial charge < -0.3 is 19.9 Å². The van der Waals surface area contributed by atoms with Crippen molar-refractivity contribution in [2.24, 2.45) is 0 Å². The molecule has 0 unspecified atom stereocenters. The van der Waals surface area contributed by atoms with Gasteiger partial charge in [-0.2, -0.15) is 0 Å². The summed E-state index contributed by atoms with van der Waals surface area (Å²) in [6.07, 6.45) is 0. The highest BCUT2D eigenvalue weighted by Gasteiger charge is 2.22. The molecule has 1 aliphatic rings. The molecule has 232 valence electrons. The number of aromatic carboxylic acids is 1. The van der Waals surface area contributed by atoms with E-state index in [1.807, 2.05) is 0 Å². The van der Waals surface area contributed by atoms with Crippen LogP contribution in [0.15, 0.2) is 112 Å². The Bertz CT molecular complexity index is 2040. The number of carbonyl (C=O) groups is 2. The Labute approximate surface area is 266 Å². The van der Waals surface area contributed by atoms with Gasteiger partial charge >= 0.3 is 5.97 Å². The molecule has 0 bridgehead atoms. The van der Waals surface area contributed by atoms with Crippen molar-refractivity contribution >= 4 is 71.7 Å². The molecule has 2 aromatic heterocycles. The Morgan fingerprint density at radius 3 is 1.73 bits per heavy atom. The van der Waals surface area contributed by atoms with E-state index >= 15 is 0 Å². The molecule has 1 amide bonds. The number of carboxylic acids is 1. The number of anilines is 3. The number of rotatable bonds is 9. The standard InChI is InChI=1S/C18H14N2O5S2.C11H9NO4S2/c21-18(19-12-6-7-15-16(10-12)25-11-24-15)17-14(8-9-26-17)20-27(22,23)13-4-2-1-3-5-13;13-11(14)10-9(6-7-17-10)12-18(15,16)8-4-2-1-3-5-8/h1-10,20H,11H2,(H,19,21);1-7,12H,(H,13,14). The molecule has 0 spiro atoms. The van der Waals surface area contributed by atoms with Crippen molar-refractivity contribution in [1.29, 1.82) is 0 Å². The number of amides is 1. The molecule has 0 fully saturated rings. The number of sulfonamides is 2. The van der Waals surface area contributed by atoms with Crippen molar-refractivity contribution in [3.63, 3.8) is 0 Å². The Morgan fingerprint density at radius 2 is 1.18 bits per heavy atom. The highest BCUT2D eigenvalue weighted by atomic mass is 32.2. The minimum absolute atomic E-state index is 0.0329. The molecule has 16 heteroatoms. The van der Waals surface area contributed by atoms with Crippen molar-refractivity contribution in [3.05, 3.63) is 112 Å². The fourth-order valence-electron chi connectivity index (χ4n) is 3.89. The Morgan fingerprint density at radius 1 is 0.667 bits per heavy atom. The minimum atomic E-state index is -3.78. The van der Waals surface area contributed by atoms with Crippen LogP contribution in [0.3, 0.4) is 0 Å². The second-order valence-corrected chi connectivity index (χ2v) is 14.2. The van der Waals surface area contributed by atoms with Gasteiger partial charge in [0, 0.05) is 11.8 Å². The molecule has 0 radical (unpaired) electrons. The average Bonchev–Trinajstić information content (AvgIpc) is 3.79. The van der Waals surface area contributed by atoms with Gasteiger partial charge in [0.25, 0.3) is 26.0 Å². The second-order valence-electron chi connectivity index (χ2n) is 8.99. The average molecular weight is 686 g/mol. The van der Waals surface area contributed by atoms with E-state index in [0.29, 0.717) is 17.2 Å². The SMILES string of the molecule is O=C(Nc1ccc2c(c1)OCO2)c1sccc1NS(=O)(=O)c1ccccc1.O=C(O)c1sccc1NS(=O)(=O)c1ccccc1. The van der Waals surface area contributed by atoms with E-state index in [1.165, 1.54) is 35.7 Å². The fourth-order valence-corrected chi connectivity index (χ4v) is 7.64. The van der Waals surface area contributed by atoms with Crippen molar-refractivity contribution in [2.75, 3.05) is 21.6 Å². The maximum atomic E-state index is 12.6. The zero-order chi connectivity index (χ0) is 32.0. The molecule has 5 aromatic rings. The van der Waals surface area contributed by atoms with Crippen LogP contribution in [0.5, 0.6) is 11.5 Å². The van der Waals surface area contributed by atoms with Crippen LogP contribution < -0.4 is 24.2 Å². The predicted molar refractivity (Wildman–Crippen MR) is 171 cm³/mol. The van der Waals surface area contributed by atoms with E-state index < -0.39 is 31.9 Å². The van der Waals surface area contributed by atoms with E-state index in [0.717, 1.165) is 22.7 Å². The van der Waals surface area contributed by atoms with Gasteiger partial charge in [-0.25, -0.2) is 21.6 Å². The molecule has 0 saturated carbocycles. The summed E-state index contributed by atoms with van der Waals surface area (Å²) in [6, 6.07) is 23.8. The van der Waals surface area contributed by atoms with E-state index in [9.17, 15) is 26.4 Å². The van der Waals surface area contributed by atoms with E-state index in [-0.39, 0.29) is 37.7 Å². The molecule has 0 atom stereocenters. The van der Waals surface area contributed by atoms with Crippen LogP contribution in [-0.4, -0.2) is 40.6 Å². The van der Waals surface area contributed by atoms with Gasteiger partial charge in [0.15, 0.2) is 11.5 Å². The zero-order valence-electron chi connectivity index (χ0n) is 22.9. The van der Waals surface area contributed by atoms with Gasteiger partial charge in [-0.15, -0.1) is 22.7 Å². The lowest BCUT2D eigenvalue weighted by Crippen LogP contribution is -2.17. The summed E-state index contributed by atoms with van der Waals surface area (Å²) in [5.41, 5.74) is 0.827. The molecule has 6 rings (SSSR count). The van der Waals surface area contributed by atoms with E-state index in [1.54, 1.807) is 66.0 Å². The van der Waals surface area contributed by atoms with Gasteiger partial charge in [-0.05, 0) is 59.3 Å². The molecule has 3 heterocycles. The topological polar surface area (TPSA) is 177 Å². The molecule has 0 aliphatic carbocycles. The largest absolute Gasteiger partial charge is 0.477 e. The van der Waals surface area contributed by atoms with Crippen LogP contribution in [0.1, 0.15) is 19.3 Å². The monoisotopic (exact) mass is 685 g/mol. The number of carbonyl (C=O) groups excluding carboxylic acids is 1. The smallest absolute Gasteiger partial charge is 0.348 e. The normalized spacial score (nSPS) is 12.0. The summed E-state index contributed by atoms with van der Waals surface area (Å²) < 4.78 is 64.2. The first kappa shape index (κ1) is 31.5. The highest BCUT2D eigenvalue weighted by molar-refractivity contribution is 7.93. The number of fused-ring (bicyclic) bond motifs is 1. The molecule has 3 aromatic carbocycles. The van der Waals surface area contributed by atoms with Crippen molar-refractivity contribution in [1.82, 2.24) is 0 Å². The van der Waals surface area contributed by atoms with Gasteiger partial charge in [-0.3, -0.25) is 14.2 Å². The number of hydrogen-bond acceptors (Lipinski definition) is 10. The first-order valence-corrected chi connectivity index (χ1v) is 17.5. The van der Waals surface area contributed by atoms with Crippen LogP contribution in [0.25, 0.3) is 0 Å². The van der Waals surface area contributed by atoms with E-state index in [4.69, 9.17) is 14.6 Å². The summed E-state index contributed by atoms with van der Waals surface area (Å²) in [6.45, 7) is 0.142. The first-order chi connectivity index (χ1) is 21.5. The number of ether oxygens (including phenoxy) is 2. The second kappa shape index (κ2) is 13.4. The van der Waals surface area contributed by atoms with Gasteiger partial charge in [0.1, 0.15) is 9.75 Å². The van der Waals surface area contributed by atoms with Gasteiger partial charge in [0.2, 0.25) is 6.79 Å². The summed E-state index contributed by atoms with van der Waals surface area (Å²) in [5, 5.41) is 14.8. The van der Waals surface area contributed by atoms with Gasteiger partial charge in [-0.1, -0.05) is 36.4 Å². The molecular weight excluding hydrogens is 663 g/mol. The summed E-state index contributed by atoms with van der Waals surface area (Å²) in [4.78, 5) is 23.9. The van der Waals surface area contributed by atoms with Crippen LogP contribution in [0.2, 0.25) is 0 Å². The number of thiophene rings is 2. The Hall–Kier alpha value is -4.90. The third-order valence-electron chi connectivity index (χ3n) is 5.96. The molecule has 0 saturated heterocycles. The molecular formula is C29H23N3O9S4. The maximum absolute atomic E-state index is 12.6. The van der Waals surface area contributed by atoms with Crippen LogP contribution in [-0.2, 0) is 20.0 Å². The first-order valence-electron chi connectivity index (χ1n) is 12.8. The van der Waals surface area contributed by atoms with Crippen molar-refractivity contribution in [3.8, 4) is 11.5 Å². The Kier molecular flexibility index (Phi) is 9.38. The highest BCUT2D eigenvalue weighted by Crippen LogP contribution is 2.35. The number of nitrogens with one attached hydrogen (secondary N) is 3. The summed E-state index contributed by atoms with van der Waals surface area (Å²) in [7, 11) is -7.53. The molecule has 12 nitrogen and oxygen atoms in total. The van der Waals surface area contributed by atoms with Crippen molar-refractivity contribution in [2.45, 2.75) is 9.79 Å². The molecule has 45 heavy (non-hydrogen) atoms. The molecule has 4 N–H and O–H groups in total. The lowest BCUT2D eigenvalue weighted by molar-refractivity contribution is 0.0703. The van der Waals surface area contributed by atoms with Gasteiger partial charge in [0.05, 0.1) is 21.2 Å². The minimum Gasteiger partial charge on any atom is -0.477 e. The molecule has 1 aliphatic heterocycles. The number of hydrogen-bond donors (Lipinski definition) is 4. The predicted octanol–water partition coefficient (Wildman–Crippen LogP) is 5.78. The lowest BCUT2D eigenvalue weighted by atomic mass is 10.2. The fraction of sp³-hybridized carbons (Fsp3) is 0.0345. The van der Waals surface area contributed by atoms with E-state index in [2.05, 4.69) is 14.8 Å². The zero-order valence-corrected chi connectivity index (χ0v) is 26.1. The quantitative estimate of drug-likeness (QED) is 0.150. The van der Waals surface area contributed by atoms with Crippen LogP contribution in [0, 0.1) is 0 Å². The summed E-state index contributed by atoms with van der Waals surface area (Å²) in [5.74, 6) is -0.421.